The second-order valence-corrected chi connectivity index (χ2v) is 9.78. The van der Waals surface area contributed by atoms with Crippen molar-refractivity contribution in [1.82, 2.24) is 9.80 Å². The normalized spacial score (nSPS) is 16.0. The first kappa shape index (κ1) is 26.4. The molecule has 0 spiro atoms. The molecule has 2 aromatic carbocycles. The minimum Gasteiger partial charge on any atom is -0.507 e. The summed E-state index contributed by atoms with van der Waals surface area (Å²) in [4.78, 5) is 5.94. The molecule has 2 aromatic rings. The molecule has 37 heavy (non-hydrogen) atoms. The van der Waals surface area contributed by atoms with Gasteiger partial charge in [0.05, 0.1) is 25.9 Å². The van der Waals surface area contributed by atoms with Gasteiger partial charge in [0.25, 0.3) is 0 Å². The molecular formula is C29H37N5O3. The summed E-state index contributed by atoms with van der Waals surface area (Å²) in [7, 11) is 3.53. The van der Waals surface area contributed by atoms with Crippen LogP contribution in [0.1, 0.15) is 36.5 Å². The molecule has 8 heteroatoms. The SMILES string of the molecule is COc1cc(O)c(C(=N)N(C(=N)C2=CN(C)CC=C2)c2ccc(CN3CCOCC3)cc2)cc1C(C)C. The lowest BCUT2D eigenvalue weighted by Crippen LogP contribution is -2.38. The van der Waals surface area contributed by atoms with Gasteiger partial charge in [0.2, 0.25) is 0 Å². The molecule has 0 aliphatic carbocycles. The van der Waals surface area contributed by atoms with Crippen LogP contribution in [0, 0.1) is 10.8 Å². The number of rotatable bonds is 7. The van der Waals surface area contributed by atoms with E-state index in [0.717, 1.165) is 50.5 Å². The minimum atomic E-state index is -0.0572. The molecule has 1 saturated heterocycles. The molecule has 1 fully saturated rings. The fourth-order valence-corrected chi connectivity index (χ4v) is 4.61. The first-order valence-corrected chi connectivity index (χ1v) is 12.6. The topological polar surface area (TPSA) is 96.1 Å². The Morgan fingerprint density at radius 2 is 1.81 bits per heavy atom. The molecule has 2 heterocycles. The Balaban J connectivity index is 1.71. The molecular weight excluding hydrogens is 466 g/mol. The summed E-state index contributed by atoms with van der Waals surface area (Å²) >= 11 is 0. The summed E-state index contributed by atoms with van der Waals surface area (Å²) < 4.78 is 10.9. The van der Waals surface area contributed by atoms with Crippen LogP contribution >= 0.6 is 0 Å². The number of anilines is 1. The Kier molecular flexibility index (Phi) is 8.31. The Morgan fingerprint density at radius 1 is 1.11 bits per heavy atom. The Labute approximate surface area is 219 Å². The average Bonchev–Trinajstić information content (AvgIpc) is 2.89. The maximum absolute atomic E-state index is 10.9. The van der Waals surface area contributed by atoms with Crippen LogP contribution in [0.5, 0.6) is 11.5 Å². The number of benzene rings is 2. The molecule has 0 unspecified atom stereocenters. The molecule has 0 saturated carbocycles. The highest BCUT2D eigenvalue weighted by Gasteiger charge is 2.26. The van der Waals surface area contributed by atoms with Gasteiger partial charge < -0.3 is 19.5 Å². The van der Waals surface area contributed by atoms with Gasteiger partial charge in [-0.1, -0.05) is 38.1 Å². The van der Waals surface area contributed by atoms with Crippen LogP contribution in [0.2, 0.25) is 0 Å². The van der Waals surface area contributed by atoms with E-state index in [2.05, 4.69) is 4.90 Å². The van der Waals surface area contributed by atoms with Crippen molar-refractivity contribution in [2.24, 2.45) is 0 Å². The second kappa shape index (κ2) is 11.6. The van der Waals surface area contributed by atoms with Crippen LogP contribution in [0.4, 0.5) is 5.69 Å². The second-order valence-electron chi connectivity index (χ2n) is 9.78. The van der Waals surface area contributed by atoms with E-state index in [1.54, 1.807) is 24.1 Å². The van der Waals surface area contributed by atoms with Crippen LogP contribution in [-0.2, 0) is 11.3 Å². The number of methoxy groups -OCH3 is 1. The number of hydrogen-bond acceptors (Lipinski definition) is 7. The van der Waals surface area contributed by atoms with Gasteiger partial charge in [-0.3, -0.25) is 20.6 Å². The molecule has 0 radical (unpaired) electrons. The van der Waals surface area contributed by atoms with E-state index < -0.39 is 0 Å². The van der Waals surface area contributed by atoms with E-state index in [9.17, 15) is 10.5 Å². The molecule has 0 amide bonds. The number of nitrogens with zero attached hydrogens (tertiary/aromatic N) is 3. The molecule has 4 rings (SSSR count). The van der Waals surface area contributed by atoms with Crippen molar-refractivity contribution in [1.29, 1.82) is 10.8 Å². The zero-order valence-corrected chi connectivity index (χ0v) is 22.1. The number of nitrogens with one attached hydrogen (secondary N) is 2. The van der Waals surface area contributed by atoms with Gasteiger partial charge >= 0.3 is 0 Å². The highest BCUT2D eigenvalue weighted by Crippen LogP contribution is 2.35. The third kappa shape index (κ3) is 6.03. The van der Waals surface area contributed by atoms with E-state index in [1.807, 2.05) is 68.4 Å². The molecule has 0 atom stereocenters. The summed E-state index contributed by atoms with van der Waals surface area (Å²) in [5.74, 6) is 0.841. The van der Waals surface area contributed by atoms with Crippen molar-refractivity contribution in [2.75, 3.05) is 51.9 Å². The number of amidine groups is 2. The lowest BCUT2D eigenvalue weighted by atomic mass is 9.97. The zero-order chi connectivity index (χ0) is 26.5. The quantitative estimate of drug-likeness (QED) is 0.379. The summed E-state index contributed by atoms with van der Waals surface area (Å²) in [6, 6.07) is 11.3. The number of ether oxygens (including phenoxy) is 2. The van der Waals surface area contributed by atoms with Gasteiger partial charge in [-0.2, -0.15) is 0 Å². The molecule has 8 nitrogen and oxygen atoms in total. The van der Waals surface area contributed by atoms with Crippen molar-refractivity contribution in [2.45, 2.75) is 26.3 Å². The van der Waals surface area contributed by atoms with Gasteiger partial charge in [-0.05, 0) is 35.2 Å². The summed E-state index contributed by atoms with van der Waals surface area (Å²) in [6.45, 7) is 9.00. The van der Waals surface area contributed by atoms with Gasteiger partial charge in [0.15, 0.2) is 0 Å². The minimum absolute atomic E-state index is 0.0236. The number of phenolic OH excluding ortho intramolecular Hbond substituents is 1. The van der Waals surface area contributed by atoms with Crippen molar-refractivity contribution in [3.05, 3.63) is 77.0 Å². The first-order chi connectivity index (χ1) is 17.8. The Bertz CT molecular complexity index is 1200. The van der Waals surface area contributed by atoms with Crippen LogP contribution in [0.15, 0.2) is 60.3 Å². The van der Waals surface area contributed by atoms with Crippen molar-refractivity contribution in [3.8, 4) is 11.5 Å². The smallest absolute Gasteiger partial charge is 0.142 e. The molecule has 0 aromatic heterocycles. The third-order valence-electron chi connectivity index (χ3n) is 6.70. The highest BCUT2D eigenvalue weighted by molar-refractivity contribution is 6.28. The predicted molar refractivity (Wildman–Crippen MR) is 148 cm³/mol. The van der Waals surface area contributed by atoms with Crippen LogP contribution in [0.25, 0.3) is 0 Å². The monoisotopic (exact) mass is 503 g/mol. The molecule has 0 bridgehead atoms. The average molecular weight is 504 g/mol. The van der Waals surface area contributed by atoms with E-state index >= 15 is 0 Å². The fraction of sp³-hybridized carbons (Fsp3) is 0.379. The summed E-state index contributed by atoms with van der Waals surface area (Å²) in [5.41, 5.74) is 3.77. The highest BCUT2D eigenvalue weighted by atomic mass is 16.5. The van der Waals surface area contributed by atoms with E-state index in [-0.39, 0.29) is 23.3 Å². The number of aromatic hydroxyl groups is 1. The van der Waals surface area contributed by atoms with Gasteiger partial charge in [0.1, 0.15) is 23.2 Å². The first-order valence-electron chi connectivity index (χ1n) is 12.6. The van der Waals surface area contributed by atoms with E-state index in [1.165, 1.54) is 0 Å². The van der Waals surface area contributed by atoms with E-state index in [0.29, 0.717) is 22.6 Å². The van der Waals surface area contributed by atoms with E-state index in [4.69, 9.17) is 14.9 Å². The molecule has 2 aliphatic rings. The Morgan fingerprint density at radius 3 is 2.43 bits per heavy atom. The standard InChI is InChI=1S/C29H37N5O3/c1-20(2)24-16-25(26(35)17-27(24)36-4)29(31)34(28(30)22-6-5-11-32(3)19-22)23-9-7-21(8-10-23)18-33-12-14-37-15-13-33/h5-10,16-17,19-20,30-31,35H,11-15,18H2,1-4H3. The maximum atomic E-state index is 10.9. The number of morpholine rings is 1. The van der Waals surface area contributed by atoms with Gasteiger partial charge in [-0.15, -0.1) is 0 Å². The molecule has 196 valence electrons. The van der Waals surface area contributed by atoms with Crippen molar-refractivity contribution in [3.63, 3.8) is 0 Å². The number of phenols is 1. The van der Waals surface area contributed by atoms with Crippen molar-refractivity contribution >= 4 is 17.4 Å². The number of hydrogen-bond donors (Lipinski definition) is 3. The largest absolute Gasteiger partial charge is 0.507 e. The summed E-state index contributed by atoms with van der Waals surface area (Å²) in [6.07, 6.45) is 5.81. The zero-order valence-electron chi connectivity index (χ0n) is 22.1. The third-order valence-corrected chi connectivity index (χ3v) is 6.70. The van der Waals surface area contributed by atoms with Gasteiger partial charge in [0, 0.05) is 56.8 Å². The fourth-order valence-electron chi connectivity index (χ4n) is 4.61. The van der Waals surface area contributed by atoms with Crippen molar-refractivity contribution < 1.29 is 14.6 Å². The van der Waals surface area contributed by atoms with Gasteiger partial charge in [-0.25, -0.2) is 0 Å². The van der Waals surface area contributed by atoms with Crippen LogP contribution < -0.4 is 9.64 Å². The molecule has 3 N–H and O–H groups in total. The Hall–Kier alpha value is -3.62. The lowest BCUT2D eigenvalue weighted by Gasteiger charge is -2.30. The predicted octanol–water partition coefficient (Wildman–Crippen LogP) is 4.55. The summed E-state index contributed by atoms with van der Waals surface area (Å²) in [5, 5.41) is 29.2. The number of likely N-dealkylation sites (N-methyl/N-ethyl adjacent to an activating group) is 1. The van der Waals surface area contributed by atoms with Crippen LogP contribution in [-0.4, -0.2) is 73.6 Å². The van der Waals surface area contributed by atoms with Crippen LogP contribution in [0.3, 0.4) is 0 Å². The molecule has 2 aliphatic heterocycles. The lowest BCUT2D eigenvalue weighted by molar-refractivity contribution is 0.0342. The maximum Gasteiger partial charge on any atom is 0.142 e.